The molecule has 0 heterocycles. The molecule has 0 amide bonds. The molecule has 0 saturated heterocycles. The Labute approximate surface area is 119 Å². The van der Waals surface area contributed by atoms with Crippen molar-refractivity contribution in [3.05, 3.63) is 22.7 Å². The first-order valence-corrected chi connectivity index (χ1v) is 6.73. The third-order valence-corrected chi connectivity index (χ3v) is 2.80. The van der Waals surface area contributed by atoms with Crippen LogP contribution in [0.4, 0.5) is 0 Å². The standard InChI is InChI=1S/C14H22ClNO3/c1-9(2)19-14-6-12(15)11(5-13(14)18-4)8-16-7-10(3)17/h5-6,9-10,16-17H,7-8H2,1-4H3. The molecule has 2 N–H and O–H groups in total. The van der Waals surface area contributed by atoms with Gasteiger partial charge in [-0.3, -0.25) is 0 Å². The van der Waals surface area contributed by atoms with E-state index in [1.165, 1.54) is 0 Å². The van der Waals surface area contributed by atoms with Gasteiger partial charge in [0.2, 0.25) is 0 Å². The van der Waals surface area contributed by atoms with E-state index in [2.05, 4.69) is 5.32 Å². The predicted octanol–water partition coefficient (Wildman–Crippen LogP) is 2.61. The molecule has 0 fully saturated rings. The Hall–Kier alpha value is -0.970. The Morgan fingerprint density at radius 3 is 2.47 bits per heavy atom. The lowest BCUT2D eigenvalue weighted by Gasteiger charge is -2.16. The number of aliphatic hydroxyl groups is 1. The summed E-state index contributed by atoms with van der Waals surface area (Å²) in [5, 5.41) is 12.9. The maximum absolute atomic E-state index is 9.20. The van der Waals surface area contributed by atoms with Crippen molar-refractivity contribution in [3.63, 3.8) is 0 Å². The molecular formula is C14H22ClNO3. The molecule has 1 unspecified atom stereocenters. The van der Waals surface area contributed by atoms with Gasteiger partial charge in [-0.15, -0.1) is 0 Å². The summed E-state index contributed by atoms with van der Waals surface area (Å²) in [6.45, 7) is 6.72. The summed E-state index contributed by atoms with van der Waals surface area (Å²) in [7, 11) is 1.60. The zero-order valence-corrected chi connectivity index (χ0v) is 12.6. The van der Waals surface area contributed by atoms with E-state index in [9.17, 15) is 5.11 Å². The molecule has 0 radical (unpaired) electrons. The van der Waals surface area contributed by atoms with Crippen molar-refractivity contribution in [2.75, 3.05) is 13.7 Å². The van der Waals surface area contributed by atoms with Crippen molar-refractivity contribution in [1.29, 1.82) is 0 Å². The van der Waals surface area contributed by atoms with Crippen molar-refractivity contribution in [2.24, 2.45) is 0 Å². The number of methoxy groups -OCH3 is 1. The maximum atomic E-state index is 9.20. The van der Waals surface area contributed by atoms with E-state index >= 15 is 0 Å². The van der Waals surface area contributed by atoms with Crippen LogP contribution in [-0.2, 0) is 6.54 Å². The fourth-order valence-electron chi connectivity index (χ4n) is 1.63. The quantitative estimate of drug-likeness (QED) is 0.809. The summed E-state index contributed by atoms with van der Waals surface area (Å²) >= 11 is 6.22. The monoisotopic (exact) mass is 287 g/mol. The zero-order chi connectivity index (χ0) is 14.4. The highest BCUT2D eigenvalue weighted by molar-refractivity contribution is 6.31. The number of ether oxygens (including phenoxy) is 2. The number of halogens is 1. The van der Waals surface area contributed by atoms with Crippen LogP contribution in [0.2, 0.25) is 5.02 Å². The topological polar surface area (TPSA) is 50.7 Å². The van der Waals surface area contributed by atoms with E-state index < -0.39 is 0 Å². The molecule has 0 aliphatic carbocycles. The van der Waals surface area contributed by atoms with Crippen LogP contribution in [0.15, 0.2) is 12.1 Å². The van der Waals surface area contributed by atoms with Gasteiger partial charge in [0.15, 0.2) is 11.5 Å². The van der Waals surface area contributed by atoms with Crippen molar-refractivity contribution in [3.8, 4) is 11.5 Å². The number of hydrogen-bond acceptors (Lipinski definition) is 4. The van der Waals surface area contributed by atoms with Crippen LogP contribution in [0.25, 0.3) is 0 Å². The van der Waals surface area contributed by atoms with E-state index in [1.807, 2.05) is 19.9 Å². The number of nitrogens with one attached hydrogen (secondary N) is 1. The van der Waals surface area contributed by atoms with Crippen LogP contribution in [-0.4, -0.2) is 31.0 Å². The van der Waals surface area contributed by atoms with Gasteiger partial charge in [-0.2, -0.15) is 0 Å². The minimum Gasteiger partial charge on any atom is -0.493 e. The molecule has 4 nitrogen and oxygen atoms in total. The van der Waals surface area contributed by atoms with E-state index in [-0.39, 0.29) is 12.2 Å². The fraction of sp³-hybridized carbons (Fsp3) is 0.571. The molecule has 0 aliphatic heterocycles. The Morgan fingerprint density at radius 1 is 1.26 bits per heavy atom. The molecule has 1 aromatic carbocycles. The van der Waals surface area contributed by atoms with Gasteiger partial charge in [-0.25, -0.2) is 0 Å². The highest BCUT2D eigenvalue weighted by atomic mass is 35.5. The maximum Gasteiger partial charge on any atom is 0.163 e. The first-order chi connectivity index (χ1) is 8.93. The average Bonchev–Trinajstić information content (AvgIpc) is 2.30. The highest BCUT2D eigenvalue weighted by Crippen LogP contribution is 2.33. The summed E-state index contributed by atoms with van der Waals surface area (Å²) in [6, 6.07) is 3.62. The van der Waals surface area contributed by atoms with Gasteiger partial charge in [0.05, 0.1) is 19.3 Å². The largest absolute Gasteiger partial charge is 0.493 e. The van der Waals surface area contributed by atoms with Gasteiger partial charge >= 0.3 is 0 Å². The van der Waals surface area contributed by atoms with Crippen molar-refractivity contribution < 1.29 is 14.6 Å². The predicted molar refractivity (Wildman–Crippen MR) is 77.2 cm³/mol. The van der Waals surface area contributed by atoms with Gasteiger partial charge < -0.3 is 19.9 Å². The van der Waals surface area contributed by atoms with Crippen molar-refractivity contribution >= 4 is 11.6 Å². The van der Waals surface area contributed by atoms with Gasteiger partial charge in [0, 0.05) is 24.2 Å². The number of hydrogen-bond donors (Lipinski definition) is 2. The van der Waals surface area contributed by atoms with Crippen LogP contribution in [0, 0.1) is 0 Å². The average molecular weight is 288 g/mol. The van der Waals surface area contributed by atoms with Gasteiger partial charge in [-0.05, 0) is 32.4 Å². The molecule has 1 aromatic rings. The van der Waals surface area contributed by atoms with Gasteiger partial charge in [0.1, 0.15) is 0 Å². The highest BCUT2D eigenvalue weighted by Gasteiger charge is 2.11. The number of rotatable bonds is 7. The first-order valence-electron chi connectivity index (χ1n) is 6.36. The lowest BCUT2D eigenvalue weighted by Crippen LogP contribution is -2.24. The van der Waals surface area contributed by atoms with Crippen LogP contribution in [0.3, 0.4) is 0 Å². The second-order valence-electron chi connectivity index (χ2n) is 4.74. The third kappa shape index (κ3) is 5.27. The summed E-state index contributed by atoms with van der Waals surface area (Å²) in [5.41, 5.74) is 0.912. The second kappa shape index (κ2) is 7.58. The SMILES string of the molecule is COc1cc(CNCC(C)O)c(Cl)cc1OC(C)C. The minimum atomic E-state index is -0.385. The molecular weight excluding hydrogens is 266 g/mol. The smallest absolute Gasteiger partial charge is 0.163 e. The van der Waals surface area contributed by atoms with Crippen molar-refractivity contribution in [2.45, 2.75) is 39.5 Å². The number of aliphatic hydroxyl groups excluding tert-OH is 1. The third-order valence-electron chi connectivity index (χ3n) is 2.45. The van der Waals surface area contributed by atoms with Crippen LogP contribution in [0.1, 0.15) is 26.3 Å². The molecule has 5 heteroatoms. The van der Waals surface area contributed by atoms with Crippen LogP contribution in [0.5, 0.6) is 11.5 Å². The Balaban J connectivity index is 2.83. The molecule has 0 saturated carbocycles. The summed E-state index contributed by atoms with van der Waals surface area (Å²) in [4.78, 5) is 0. The van der Waals surface area contributed by atoms with Crippen molar-refractivity contribution in [1.82, 2.24) is 5.32 Å². The molecule has 0 bridgehead atoms. The summed E-state index contributed by atoms with van der Waals surface area (Å²) in [6.07, 6.45) is -0.326. The second-order valence-corrected chi connectivity index (χ2v) is 5.15. The molecule has 108 valence electrons. The van der Waals surface area contributed by atoms with E-state index in [0.29, 0.717) is 29.6 Å². The lowest BCUT2D eigenvalue weighted by atomic mass is 10.2. The lowest BCUT2D eigenvalue weighted by molar-refractivity contribution is 0.191. The van der Waals surface area contributed by atoms with E-state index in [0.717, 1.165) is 5.56 Å². The first kappa shape index (κ1) is 16.1. The minimum absolute atomic E-state index is 0.0594. The van der Waals surface area contributed by atoms with Gasteiger partial charge in [-0.1, -0.05) is 11.6 Å². The molecule has 1 atom stereocenters. The van der Waals surface area contributed by atoms with E-state index in [4.69, 9.17) is 21.1 Å². The summed E-state index contributed by atoms with van der Waals surface area (Å²) < 4.78 is 11.0. The Morgan fingerprint density at radius 2 is 1.95 bits per heavy atom. The van der Waals surface area contributed by atoms with E-state index in [1.54, 1.807) is 20.1 Å². The Kier molecular flexibility index (Phi) is 6.42. The molecule has 1 rings (SSSR count). The van der Waals surface area contributed by atoms with Crippen LogP contribution >= 0.6 is 11.6 Å². The van der Waals surface area contributed by atoms with Gasteiger partial charge in [0.25, 0.3) is 0 Å². The normalized spacial score (nSPS) is 12.6. The molecule has 0 spiro atoms. The molecule has 19 heavy (non-hydrogen) atoms. The fourth-order valence-corrected chi connectivity index (χ4v) is 1.85. The van der Waals surface area contributed by atoms with Crippen LogP contribution < -0.4 is 14.8 Å². The molecule has 0 aliphatic rings. The number of benzene rings is 1. The zero-order valence-electron chi connectivity index (χ0n) is 11.9. The molecule has 0 aromatic heterocycles. The summed E-state index contributed by atoms with van der Waals surface area (Å²) in [5.74, 6) is 1.30. The Bertz CT molecular complexity index is 408.